The van der Waals surface area contributed by atoms with E-state index < -0.39 is 11.7 Å². The standard InChI is InChI=1S/C27H24F3N3O3/c28-27(29,30)22-24(32-35-25(22)17-5-2-1-3-6-17)26-21-11-9-18-13-16(8-10-20(18)23(21)31-36-26)14-33-12-4-7-19(33)15-34/h1-3,5-6,8,10,13,19,34H,4,7,9,11-12,14-15H2/t19-/m1/s1. The monoisotopic (exact) mass is 495 g/mol. The van der Waals surface area contributed by atoms with Crippen molar-refractivity contribution >= 4 is 0 Å². The molecule has 2 aromatic carbocycles. The molecule has 0 spiro atoms. The summed E-state index contributed by atoms with van der Waals surface area (Å²) in [7, 11) is 0. The number of nitrogens with zero attached hydrogens (tertiary/aromatic N) is 3. The van der Waals surface area contributed by atoms with Crippen LogP contribution in [0.25, 0.3) is 34.0 Å². The van der Waals surface area contributed by atoms with Crippen LogP contribution >= 0.6 is 0 Å². The Balaban J connectivity index is 1.36. The number of aliphatic hydroxyl groups is 1. The van der Waals surface area contributed by atoms with E-state index in [0.717, 1.165) is 42.6 Å². The van der Waals surface area contributed by atoms with E-state index in [2.05, 4.69) is 21.3 Å². The zero-order chi connectivity index (χ0) is 24.9. The Morgan fingerprint density at radius 1 is 0.972 bits per heavy atom. The summed E-state index contributed by atoms with van der Waals surface area (Å²) in [5.74, 6) is -0.340. The fourth-order valence-corrected chi connectivity index (χ4v) is 5.42. The lowest BCUT2D eigenvalue weighted by molar-refractivity contribution is -0.136. The van der Waals surface area contributed by atoms with Gasteiger partial charge in [-0.3, -0.25) is 4.90 Å². The van der Waals surface area contributed by atoms with Crippen LogP contribution in [0.15, 0.2) is 57.6 Å². The van der Waals surface area contributed by atoms with Gasteiger partial charge in [-0.2, -0.15) is 13.2 Å². The van der Waals surface area contributed by atoms with Gasteiger partial charge in [0.2, 0.25) is 0 Å². The molecule has 3 heterocycles. The number of aromatic nitrogens is 2. The molecule has 4 aromatic rings. The molecule has 0 amide bonds. The van der Waals surface area contributed by atoms with Crippen LogP contribution in [0.5, 0.6) is 0 Å². The Labute approximate surface area is 205 Å². The number of rotatable bonds is 5. The number of fused-ring (bicyclic) bond motifs is 3. The fourth-order valence-electron chi connectivity index (χ4n) is 5.42. The SMILES string of the molecule is OC[C@H]1CCCN1Cc1ccc2c(c1)CCc1c-2noc1-c1noc(-c2ccccc2)c1C(F)(F)F. The summed E-state index contributed by atoms with van der Waals surface area (Å²) < 4.78 is 53.2. The van der Waals surface area contributed by atoms with Crippen LogP contribution in [0, 0.1) is 0 Å². The van der Waals surface area contributed by atoms with Crippen molar-refractivity contribution in [3.8, 4) is 34.0 Å². The molecule has 36 heavy (non-hydrogen) atoms. The number of aryl methyl sites for hydroxylation is 1. The van der Waals surface area contributed by atoms with E-state index in [1.807, 2.05) is 12.1 Å². The van der Waals surface area contributed by atoms with E-state index in [0.29, 0.717) is 24.1 Å². The van der Waals surface area contributed by atoms with Gasteiger partial charge in [-0.1, -0.05) is 58.8 Å². The minimum Gasteiger partial charge on any atom is -0.395 e. The van der Waals surface area contributed by atoms with Crippen molar-refractivity contribution in [2.24, 2.45) is 0 Å². The van der Waals surface area contributed by atoms with Gasteiger partial charge in [0.25, 0.3) is 0 Å². The molecule has 1 fully saturated rings. The highest BCUT2D eigenvalue weighted by Crippen LogP contribution is 2.46. The maximum absolute atomic E-state index is 14.2. The average Bonchev–Trinajstić information content (AvgIpc) is 3.61. The average molecular weight is 496 g/mol. The van der Waals surface area contributed by atoms with Gasteiger partial charge in [0.05, 0.1) is 6.61 Å². The van der Waals surface area contributed by atoms with E-state index in [-0.39, 0.29) is 35.4 Å². The van der Waals surface area contributed by atoms with Crippen LogP contribution in [0.3, 0.4) is 0 Å². The second-order valence-corrected chi connectivity index (χ2v) is 9.38. The number of benzene rings is 2. The highest BCUT2D eigenvalue weighted by atomic mass is 19.4. The Kier molecular flexibility index (Phi) is 5.69. The number of hydrogen-bond donors (Lipinski definition) is 1. The minimum atomic E-state index is -4.69. The van der Waals surface area contributed by atoms with Gasteiger partial charge in [0.1, 0.15) is 11.3 Å². The first kappa shape index (κ1) is 23.0. The molecular weight excluding hydrogens is 471 g/mol. The number of aliphatic hydroxyl groups excluding tert-OH is 1. The Morgan fingerprint density at radius 3 is 2.53 bits per heavy atom. The topological polar surface area (TPSA) is 75.5 Å². The van der Waals surface area contributed by atoms with Crippen LogP contribution in [0.4, 0.5) is 13.2 Å². The first-order chi connectivity index (χ1) is 17.4. The Bertz CT molecular complexity index is 1390. The van der Waals surface area contributed by atoms with Crippen molar-refractivity contribution in [1.82, 2.24) is 15.2 Å². The summed E-state index contributed by atoms with van der Waals surface area (Å²) in [5.41, 5.74) is 3.19. The minimum absolute atomic E-state index is 0.000775. The van der Waals surface area contributed by atoms with Crippen molar-refractivity contribution in [2.45, 2.75) is 44.4 Å². The van der Waals surface area contributed by atoms with Crippen molar-refractivity contribution in [3.63, 3.8) is 0 Å². The molecule has 2 aliphatic rings. The number of hydrogen-bond acceptors (Lipinski definition) is 6. The van der Waals surface area contributed by atoms with Gasteiger partial charge in [0.15, 0.2) is 17.2 Å². The van der Waals surface area contributed by atoms with Crippen molar-refractivity contribution in [2.75, 3.05) is 13.2 Å². The zero-order valence-corrected chi connectivity index (χ0v) is 19.4. The molecule has 0 bridgehead atoms. The van der Waals surface area contributed by atoms with E-state index in [1.54, 1.807) is 30.3 Å². The molecule has 1 saturated heterocycles. The van der Waals surface area contributed by atoms with Crippen molar-refractivity contribution in [3.05, 3.63) is 70.8 Å². The largest absolute Gasteiger partial charge is 0.422 e. The van der Waals surface area contributed by atoms with Gasteiger partial charge in [-0.25, -0.2) is 0 Å². The summed E-state index contributed by atoms with van der Waals surface area (Å²) in [6, 6.07) is 14.4. The molecule has 6 rings (SSSR count). The van der Waals surface area contributed by atoms with Crippen LogP contribution in [-0.2, 0) is 25.6 Å². The van der Waals surface area contributed by atoms with E-state index >= 15 is 0 Å². The Hall–Kier alpha value is -3.43. The molecule has 0 unspecified atom stereocenters. The van der Waals surface area contributed by atoms with Gasteiger partial charge < -0.3 is 14.2 Å². The van der Waals surface area contributed by atoms with Crippen molar-refractivity contribution < 1.29 is 27.3 Å². The predicted molar refractivity (Wildman–Crippen MR) is 126 cm³/mol. The van der Waals surface area contributed by atoms with E-state index in [1.165, 1.54) is 0 Å². The summed E-state index contributed by atoms with van der Waals surface area (Å²) >= 11 is 0. The molecule has 0 radical (unpaired) electrons. The second-order valence-electron chi connectivity index (χ2n) is 9.38. The molecular formula is C27H24F3N3O3. The van der Waals surface area contributed by atoms with Gasteiger partial charge >= 0.3 is 6.18 Å². The molecule has 1 N–H and O–H groups in total. The van der Waals surface area contributed by atoms with E-state index in [4.69, 9.17) is 9.05 Å². The quantitative estimate of drug-likeness (QED) is 0.381. The third-order valence-corrected chi connectivity index (χ3v) is 7.18. The van der Waals surface area contributed by atoms with Gasteiger partial charge in [-0.15, -0.1) is 0 Å². The molecule has 1 aliphatic heterocycles. The Morgan fingerprint density at radius 2 is 1.75 bits per heavy atom. The molecule has 2 aromatic heterocycles. The third kappa shape index (κ3) is 3.92. The highest BCUT2D eigenvalue weighted by Gasteiger charge is 2.43. The highest BCUT2D eigenvalue weighted by molar-refractivity contribution is 5.79. The van der Waals surface area contributed by atoms with E-state index in [9.17, 15) is 18.3 Å². The first-order valence-corrected chi connectivity index (χ1v) is 12.0. The smallest absolute Gasteiger partial charge is 0.395 e. The first-order valence-electron chi connectivity index (χ1n) is 12.0. The van der Waals surface area contributed by atoms with Crippen LogP contribution in [0.2, 0.25) is 0 Å². The lowest BCUT2D eigenvalue weighted by atomic mass is 9.87. The van der Waals surface area contributed by atoms with Crippen molar-refractivity contribution in [1.29, 1.82) is 0 Å². The normalized spacial score (nSPS) is 17.8. The summed E-state index contributed by atoms with van der Waals surface area (Å²) in [6.45, 7) is 1.87. The van der Waals surface area contributed by atoms with Gasteiger partial charge in [0, 0.05) is 29.3 Å². The van der Waals surface area contributed by atoms with Gasteiger partial charge in [-0.05, 0) is 43.4 Å². The second kappa shape index (κ2) is 8.90. The molecule has 186 valence electrons. The van der Waals surface area contributed by atoms with Crippen LogP contribution in [0.1, 0.15) is 35.1 Å². The molecule has 6 nitrogen and oxygen atoms in total. The maximum Gasteiger partial charge on any atom is 0.422 e. The fraction of sp³-hybridized carbons (Fsp3) is 0.333. The van der Waals surface area contributed by atoms with Crippen LogP contribution < -0.4 is 0 Å². The summed E-state index contributed by atoms with van der Waals surface area (Å²) in [4.78, 5) is 2.29. The predicted octanol–water partition coefficient (Wildman–Crippen LogP) is 5.74. The third-order valence-electron chi connectivity index (χ3n) is 7.18. The zero-order valence-electron chi connectivity index (χ0n) is 19.4. The maximum atomic E-state index is 14.2. The number of likely N-dealkylation sites (tertiary alicyclic amines) is 1. The molecule has 0 saturated carbocycles. The lowest BCUT2D eigenvalue weighted by Crippen LogP contribution is -2.31. The molecule has 1 aliphatic carbocycles. The number of halogens is 3. The van der Waals surface area contributed by atoms with Crippen LogP contribution in [-0.4, -0.2) is 39.5 Å². The lowest BCUT2D eigenvalue weighted by Gasteiger charge is -2.24. The molecule has 9 heteroatoms. The number of alkyl halides is 3. The molecule has 1 atom stereocenters. The summed E-state index contributed by atoms with van der Waals surface area (Å²) in [6.07, 6.45) is -1.48. The summed E-state index contributed by atoms with van der Waals surface area (Å²) in [5, 5.41) is 17.6.